The first-order valence-corrected chi connectivity index (χ1v) is 9.89. The second-order valence-corrected chi connectivity index (χ2v) is 6.58. The van der Waals surface area contributed by atoms with Crippen LogP contribution in [0.15, 0.2) is 60.8 Å². The first kappa shape index (κ1) is 21.1. The number of nitrogens with one attached hydrogen (secondary N) is 1. The summed E-state index contributed by atoms with van der Waals surface area (Å²) in [5, 5.41) is 7.28. The molecule has 1 heterocycles. The van der Waals surface area contributed by atoms with Crippen molar-refractivity contribution < 1.29 is 19.1 Å². The number of carbonyl (C=O) groups is 2. The molecule has 0 aliphatic rings. The molecule has 3 aromatic rings. The Labute approximate surface area is 175 Å². The summed E-state index contributed by atoms with van der Waals surface area (Å²) in [6, 6.07) is 16.9. The van der Waals surface area contributed by atoms with Gasteiger partial charge in [0.1, 0.15) is 5.75 Å². The van der Waals surface area contributed by atoms with Crippen LogP contribution in [0.5, 0.6) is 5.75 Å². The first-order chi connectivity index (χ1) is 14.6. The van der Waals surface area contributed by atoms with Crippen LogP contribution < -0.4 is 10.1 Å². The highest BCUT2D eigenvalue weighted by atomic mass is 16.6. The summed E-state index contributed by atoms with van der Waals surface area (Å²) in [5.41, 5.74) is 3.09. The van der Waals surface area contributed by atoms with Crippen LogP contribution in [0.4, 0.5) is 5.69 Å². The minimum atomic E-state index is -0.439. The van der Waals surface area contributed by atoms with Gasteiger partial charge < -0.3 is 14.8 Å². The Hall–Kier alpha value is -3.61. The Morgan fingerprint density at radius 3 is 2.60 bits per heavy atom. The zero-order chi connectivity index (χ0) is 21.3. The van der Waals surface area contributed by atoms with Crippen molar-refractivity contribution in [2.24, 2.45) is 0 Å². The molecule has 0 radical (unpaired) electrons. The van der Waals surface area contributed by atoms with Crippen molar-refractivity contribution in [3.05, 3.63) is 77.6 Å². The maximum Gasteiger partial charge on any atom is 0.344 e. The number of aromatic nitrogens is 2. The van der Waals surface area contributed by atoms with Crippen LogP contribution in [-0.4, -0.2) is 34.9 Å². The molecule has 0 atom stereocenters. The minimum absolute atomic E-state index is 0.183. The van der Waals surface area contributed by atoms with Crippen molar-refractivity contribution >= 4 is 17.6 Å². The summed E-state index contributed by atoms with van der Waals surface area (Å²) in [6.07, 6.45) is 2.27. The van der Waals surface area contributed by atoms with Gasteiger partial charge in [0.25, 0.3) is 5.91 Å². The van der Waals surface area contributed by atoms with Gasteiger partial charge in [0, 0.05) is 11.8 Å². The molecular weight excluding hydrogens is 382 g/mol. The first-order valence-electron chi connectivity index (χ1n) is 9.89. The van der Waals surface area contributed by atoms with Crippen molar-refractivity contribution in [2.45, 2.75) is 26.8 Å². The molecule has 0 saturated heterocycles. The molecule has 1 N–H and O–H groups in total. The lowest BCUT2D eigenvalue weighted by Crippen LogP contribution is -2.16. The van der Waals surface area contributed by atoms with Gasteiger partial charge >= 0.3 is 5.97 Å². The predicted octanol–water partition coefficient (Wildman–Crippen LogP) is 3.69. The van der Waals surface area contributed by atoms with Crippen molar-refractivity contribution in [3.63, 3.8) is 0 Å². The van der Waals surface area contributed by atoms with Crippen LogP contribution in [0, 0.1) is 0 Å². The van der Waals surface area contributed by atoms with Crippen LogP contribution in [0.2, 0.25) is 0 Å². The second-order valence-electron chi connectivity index (χ2n) is 6.58. The third-order valence-electron chi connectivity index (χ3n) is 4.46. The van der Waals surface area contributed by atoms with Gasteiger partial charge in [-0.25, -0.2) is 4.79 Å². The Morgan fingerprint density at radius 2 is 1.87 bits per heavy atom. The van der Waals surface area contributed by atoms with Crippen LogP contribution >= 0.6 is 0 Å². The zero-order valence-electron chi connectivity index (χ0n) is 17.1. The van der Waals surface area contributed by atoms with Gasteiger partial charge in [-0.3, -0.25) is 9.48 Å². The van der Waals surface area contributed by atoms with Gasteiger partial charge in [-0.2, -0.15) is 5.10 Å². The van der Waals surface area contributed by atoms with Crippen LogP contribution in [0.3, 0.4) is 0 Å². The topological polar surface area (TPSA) is 82.4 Å². The Morgan fingerprint density at radius 1 is 1.07 bits per heavy atom. The van der Waals surface area contributed by atoms with E-state index in [1.807, 2.05) is 41.9 Å². The number of amides is 1. The average molecular weight is 407 g/mol. The minimum Gasteiger partial charge on any atom is -0.482 e. The highest BCUT2D eigenvalue weighted by Gasteiger charge is 2.17. The molecule has 0 saturated carbocycles. The molecule has 1 amide bonds. The number of ether oxygens (including phenoxy) is 2. The van der Waals surface area contributed by atoms with Crippen molar-refractivity contribution in [2.75, 3.05) is 18.5 Å². The Kier molecular flexibility index (Phi) is 7.21. The van der Waals surface area contributed by atoms with Crippen molar-refractivity contribution in [1.82, 2.24) is 9.78 Å². The maximum atomic E-state index is 12.8. The third kappa shape index (κ3) is 5.47. The molecule has 0 unspecified atom stereocenters. The Balaban J connectivity index is 1.69. The standard InChI is InChI=1S/C23H25N3O4/c1-3-21-20(14-24-26(21)15-17-9-6-5-7-10-17)23(28)25-18-11-8-12-19(13-18)30-16-22(27)29-4-2/h5-14H,3-4,15-16H2,1-2H3,(H,25,28). The highest BCUT2D eigenvalue weighted by molar-refractivity contribution is 6.05. The summed E-state index contributed by atoms with van der Waals surface area (Å²) in [6.45, 7) is 4.46. The van der Waals surface area contributed by atoms with Gasteiger partial charge in [-0.15, -0.1) is 0 Å². The predicted molar refractivity (Wildman–Crippen MR) is 114 cm³/mol. The van der Waals surface area contributed by atoms with E-state index in [9.17, 15) is 9.59 Å². The number of hydrogen-bond acceptors (Lipinski definition) is 5. The number of rotatable bonds is 9. The molecule has 0 fully saturated rings. The summed E-state index contributed by atoms with van der Waals surface area (Å²) in [5.74, 6) is -0.213. The summed E-state index contributed by atoms with van der Waals surface area (Å²) in [4.78, 5) is 24.3. The van der Waals surface area contributed by atoms with E-state index in [0.29, 0.717) is 36.6 Å². The SMILES string of the molecule is CCOC(=O)COc1cccc(NC(=O)c2cnn(Cc3ccccc3)c2CC)c1. The molecule has 3 rings (SSSR count). The normalized spacial score (nSPS) is 10.5. The largest absolute Gasteiger partial charge is 0.482 e. The average Bonchev–Trinajstić information content (AvgIpc) is 3.16. The molecular formula is C23H25N3O4. The van der Waals surface area contributed by atoms with Crippen molar-refractivity contribution in [1.29, 1.82) is 0 Å². The van der Waals surface area contributed by atoms with Gasteiger partial charge in [0.05, 0.1) is 30.6 Å². The smallest absolute Gasteiger partial charge is 0.344 e. The number of esters is 1. The van der Waals surface area contributed by atoms with Crippen LogP contribution in [0.1, 0.15) is 35.5 Å². The third-order valence-corrected chi connectivity index (χ3v) is 4.46. The number of benzene rings is 2. The fourth-order valence-electron chi connectivity index (χ4n) is 3.07. The molecule has 0 aliphatic carbocycles. The van der Waals surface area contributed by atoms with E-state index in [2.05, 4.69) is 10.4 Å². The molecule has 0 spiro atoms. The molecule has 0 aliphatic heterocycles. The lowest BCUT2D eigenvalue weighted by Gasteiger charge is -2.10. The zero-order valence-corrected chi connectivity index (χ0v) is 17.1. The van der Waals surface area contributed by atoms with E-state index in [1.165, 1.54) is 0 Å². The van der Waals surface area contributed by atoms with Crippen LogP contribution in [0.25, 0.3) is 0 Å². The van der Waals surface area contributed by atoms with E-state index in [1.54, 1.807) is 37.4 Å². The Bertz CT molecular complexity index is 999. The molecule has 156 valence electrons. The second kappa shape index (κ2) is 10.2. The molecule has 30 heavy (non-hydrogen) atoms. The lowest BCUT2D eigenvalue weighted by atomic mass is 10.1. The van der Waals surface area contributed by atoms with E-state index >= 15 is 0 Å². The molecule has 7 nitrogen and oxygen atoms in total. The fourth-order valence-corrected chi connectivity index (χ4v) is 3.07. The van der Waals surface area contributed by atoms with Gasteiger partial charge in [0.15, 0.2) is 6.61 Å². The van der Waals surface area contributed by atoms with Gasteiger partial charge in [-0.05, 0) is 31.0 Å². The summed E-state index contributed by atoms with van der Waals surface area (Å²) < 4.78 is 12.1. The van der Waals surface area contributed by atoms with E-state index < -0.39 is 5.97 Å². The van der Waals surface area contributed by atoms with Crippen LogP contribution in [-0.2, 0) is 22.5 Å². The summed E-state index contributed by atoms with van der Waals surface area (Å²) in [7, 11) is 0. The molecule has 7 heteroatoms. The number of carbonyl (C=O) groups excluding carboxylic acids is 2. The van der Waals surface area contributed by atoms with Gasteiger partial charge in [-0.1, -0.05) is 43.3 Å². The quantitative estimate of drug-likeness (QED) is 0.547. The number of anilines is 1. The fraction of sp³-hybridized carbons (Fsp3) is 0.261. The maximum absolute atomic E-state index is 12.8. The molecule has 2 aromatic carbocycles. The monoisotopic (exact) mass is 407 g/mol. The molecule has 0 bridgehead atoms. The van der Waals surface area contributed by atoms with Gasteiger partial charge in [0.2, 0.25) is 0 Å². The number of nitrogens with zero attached hydrogens (tertiary/aromatic N) is 2. The lowest BCUT2D eigenvalue weighted by molar-refractivity contribution is -0.145. The number of hydrogen-bond donors (Lipinski definition) is 1. The van der Waals surface area contributed by atoms with Crippen molar-refractivity contribution in [3.8, 4) is 5.75 Å². The summed E-state index contributed by atoms with van der Waals surface area (Å²) >= 11 is 0. The van der Waals surface area contributed by atoms with E-state index in [-0.39, 0.29) is 12.5 Å². The van der Waals surface area contributed by atoms with E-state index in [4.69, 9.17) is 9.47 Å². The molecule has 1 aromatic heterocycles. The highest BCUT2D eigenvalue weighted by Crippen LogP contribution is 2.20. The van der Waals surface area contributed by atoms with E-state index in [0.717, 1.165) is 11.3 Å².